The molecule has 0 heterocycles. The SMILES string of the molecule is CNC(CO)(CN(C)CC1CCCCC1)c1ccccc1. The Morgan fingerprint density at radius 2 is 1.86 bits per heavy atom. The molecule has 0 amide bonds. The lowest BCUT2D eigenvalue weighted by molar-refractivity contribution is 0.112. The first-order chi connectivity index (χ1) is 10.2. The van der Waals surface area contributed by atoms with E-state index < -0.39 is 0 Å². The van der Waals surface area contributed by atoms with Crippen molar-refractivity contribution in [2.75, 3.05) is 33.8 Å². The average molecular weight is 290 g/mol. The second-order valence-electron chi connectivity index (χ2n) is 6.56. The lowest BCUT2D eigenvalue weighted by Crippen LogP contribution is -2.52. The summed E-state index contributed by atoms with van der Waals surface area (Å²) < 4.78 is 0. The molecule has 1 aliphatic carbocycles. The highest BCUT2D eigenvalue weighted by molar-refractivity contribution is 5.25. The summed E-state index contributed by atoms with van der Waals surface area (Å²) >= 11 is 0. The average Bonchev–Trinajstić information content (AvgIpc) is 2.54. The van der Waals surface area contributed by atoms with E-state index in [0.717, 1.165) is 24.6 Å². The minimum Gasteiger partial charge on any atom is -0.394 e. The zero-order valence-corrected chi connectivity index (χ0v) is 13.5. The molecule has 3 nitrogen and oxygen atoms in total. The first kappa shape index (κ1) is 16.5. The monoisotopic (exact) mass is 290 g/mol. The molecule has 0 aliphatic heterocycles. The smallest absolute Gasteiger partial charge is 0.0795 e. The molecular formula is C18H30N2O. The fourth-order valence-electron chi connectivity index (χ4n) is 3.63. The van der Waals surface area contributed by atoms with E-state index in [1.807, 2.05) is 25.2 Å². The van der Waals surface area contributed by atoms with E-state index in [4.69, 9.17) is 0 Å². The lowest BCUT2D eigenvalue weighted by Gasteiger charge is -2.37. The van der Waals surface area contributed by atoms with Gasteiger partial charge in [0.1, 0.15) is 0 Å². The van der Waals surface area contributed by atoms with Crippen LogP contribution in [0.2, 0.25) is 0 Å². The predicted octanol–water partition coefficient (Wildman–Crippen LogP) is 2.61. The van der Waals surface area contributed by atoms with Gasteiger partial charge in [0.2, 0.25) is 0 Å². The molecule has 0 spiro atoms. The summed E-state index contributed by atoms with van der Waals surface area (Å²) in [4.78, 5) is 2.38. The summed E-state index contributed by atoms with van der Waals surface area (Å²) in [5.74, 6) is 0.827. The highest BCUT2D eigenvalue weighted by atomic mass is 16.3. The number of nitrogens with one attached hydrogen (secondary N) is 1. The molecule has 0 saturated heterocycles. The van der Waals surface area contributed by atoms with Crippen molar-refractivity contribution in [1.82, 2.24) is 10.2 Å². The Morgan fingerprint density at radius 3 is 2.43 bits per heavy atom. The van der Waals surface area contributed by atoms with E-state index >= 15 is 0 Å². The second kappa shape index (κ2) is 7.92. The van der Waals surface area contributed by atoms with Gasteiger partial charge in [0, 0.05) is 13.1 Å². The van der Waals surface area contributed by atoms with Crippen LogP contribution in [0.3, 0.4) is 0 Å². The van der Waals surface area contributed by atoms with Crippen molar-refractivity contribution in [2.24, 2.45) is 5.92 Å². The van der Waals surface area contributed by atoms with Crippen molar-refractivity contribution in [1.29, 1.82) is 0 Å². The van der Waals surface area contributed by atoms with Crippen molar-refractivity contribution in [3.05, 3.63) is 35.9 Å². The largest absolute Gasteiger partial charge is 0.394 e. The van der Waals surface area contributed by atoms with Crippen LogP contribution in [-0.2, 0) is 5.54 Å². The van der Waals surface area contributed by atoms with Gasteiger partial charge in [-0.3, -0.25) is 0 Å². The normalized spacial score (nSPS) is 19.6. The molecule has 0 radical (unpaired) electrons. The van der Waals surface area contributed by atoms with Gasteiger partial charge in [-0.25, -0.2) is 0 Å². The third-order valence-corrected chi connectivity index (χ3v) is 4.91. The molecule has 2 N–H and O–H groups in total. The Kier molecular flexibility index (Phi) is 6.22. The number of rotatable bonds is 7. The zero-order chi connectivity index (χ0) is 15.1. The first-order valence-electron chi connectivity index (χ1n) is 8.24. The Morgan fingerprint density at radius 1 is 1.19 bits per heavy atom. The van der Waals surface area contributed by atoms with Gasteiger partial charge in [0.25, 0.3) is 0 Å². The van der Waals surface area contributed by atoms with Crippen LogP contribution in [0.4, 0.5) is 0 Å². The van der Waals surface area contributed by atoms with E-state index in [1.165, 1.54) is 32.1 Å². The van der Waals surface area contributed by atoms with E-state index in [0.29, 0.717) is 0 Å². The van der Waals surface area contributed by atoms with Crippen LogP contribution in [0.25, 0.3) is 0 Å². The van der Waals surface area contributed by atoms with Gasteiger partial charge in [0.15, 0.2) is 0 Å². The molecule has 1 aromatic carbocycles. The predicted molar refractivity (Wildman–Crippen MR) is 88.3 cm³/mol. The molecule has 0 aromatic heterocycles. The van der Waals surface area contributed by atoms with Crippen molar-refractivity contribution in [3.8, 4) is 0 Å². The van der Waals surface area contributed by atoms with Crippen LogP contribution in [0.15, 0.2) is 30.3 Å². The van der Waals surface area contributed by atoms with Gasteiger partial charge in [-0.05, 0) is 38.4 Å². The minimum absolute atomic E-state index is 0.114. The summed E-state index contributed by atoms with van der Waals surface area (Å²) in [5, 5.41) is 13.4. The maximum Gasteiger partial charge on any atom is 0.0795 e. The Hall–Kier alpha value is -0.900. The molecule has 1 atom stereocenters. The van der Waals surface area contributed by atoms with Crippen LogP contribution in [-0.4, -0.2) is 43.8 Å². The molecule has 118 valence electrons. The summed E-state index contributed by atoms with van der Waals surface area (Å²) in [6.07, 6.45) is 6.90. The molecular weight excluding hydrogens is 260 g/mol. The van der Waals surface area contributed by atoms with Crippen molar-refractivity contribution in [3.63, 3.8) is 0 Å². The van der Waals surface area contributed by atoms with Crippen LogP contribution in [0.5, 0.6) is 0 Å². The maximum atomic E-state index is 10.00. The first-order valence-corrected chi connectivity index (χ1v) is 8.24. The molecule has 1 saturated carbocycles. The third-order valence-electron chi connectivity index (χ3n) is 4.91. The second-order valence-corrected chi connectivity index (χ2v) is 6.56. The molecule has 1 fully saturated rings. The van der Waals surface area contributed by atoms with Gasteiger partial charge < -0.3 is 15.3 Å². The van der Waals surface area contributed by atoms with Crippen molar-refractivity contribution < 1.29 is 5.11 Å². The Labute approximate surface area is 129 Å². The topological polar surface area (TPSA) is 35.5 Å². The van der Waals surface area contributed by atoms with Crippen LogP contribution < -0.4 is 5.32 Å². The number of aliphatic hydroxyl groups is 1. The Balaban J connectivity index is 2.01. The quantitative estimate of drug-likeness (QED) is 0.810. The molecule has 3 heteroatoms. The minimum atomic E-state index is -0.370. The number of benzene rings is 1. The van der Waals surface area contributed by atoms with Crippen LogP contribution in [0.1, 0.15) is 37.7 Å². The van der Waals surface area contributed by atoms with Crippen LogP contribution >= 0.6 is 0 Å². The highest BCUT2D eigenvalue weighted by Crippen LogP contribution is 2.26. The number of likely N-dealkylation sites (N-methyl/N-ethyl adjacent to an activating group) is 2. The molecule has 21 heavy (non-hydrogen) atoms. The summed E-state index contributed by atoms with van der Waals surface area (Å²) in [6, 6.07) is 10.3. The Bertz CT molecular complexity index is 397. The van der Waals surface area contributed by atoms with Crippen molar-refractivity contribution >= 4 is 0 Å². The zero-order valence-electron chi connectivity index (χ0n) is 13.5. The molecule has 1 aromatic rings. The lowest BCUT2D eigenvalue weighted by atomic mass is 9.87. The molecule has 0 bridgehead atoms. The van der Waals surface area contributed by atoms with Gasteiger partial charge in [-0.2, -0.15) is 0 Å². The maximum absolute atomic E-state index is 10.00. The summed E-state index contributed by atoms with van der Waals surface area (Å²) in [7, 11) is 4.12. The van der Waals surface area contributed by atoms with Gasteiger partial charge >= 0.3 is 0 Å². The molecule has 2 rings (SSSR count). The number of aliphatic hydroxyl groups excluding tert-OH is 1. The number of nitrogens with zero attached hydrogens (tertiary/aromatic N) is 1. The third kappa shape index (κ3) is 4.29. The summed E-state index contributed by atoms with van der Waals surface area (Å²) in [6.45, 7) is 2.08. The molecule has 1 unspecified atom stereocenters. The van der Waals surface area contributed by atoms with Gasteiger partial charge in [0.05, 0.1) is 12.1 Å². The van der Waals surface area contributed by atoms with E-state index in [-0.39, 0.29) is 12.1 Å². The molecule has 1 aliphatic rings. The fraction of sp³-hybridized carbons (Fsp3) is 0.667. The van der Waals surface area contributed by atoms with E-state index in [1.54, 1.807) is 0 Å². The van der Waals surface area contributed by atoms with Gasteiger partial charge in [-0.1, -0.05) is 49.6 Å². The fourth-order valence-corrected chi connectivity index (χ4v) is 3.63. The standard InChI is InChI=1S/C18H30N2O/c1-19-18(15-21,17-11-7-4-8-12-17)14-20(2)13-16-9-5-3-6-10-16/h4,7-8,11-12,16,19,21H,3,5-6,9-10,13-15H2,1-2H3. The van der Waals surface area contributed by atoms with E-state index in [2.05, 4.69) is 29.4 Å². The van der Waals surface area contributed by atoms with Gasteiger partial charge in [-0.15, -0.1) is 0 Å². The summed E-state index contributed by atoms with van der Waals surface area (Å²) in [5.41, 5.74) is 0.788. The number of hydrogen-bond acceptors (Lipinski definition) is 3. The van der Waals surface area contributed by atoms with Crippen molar-refractivity contribution in [2.45, 2.75) is 37.6 Å². The number of hydrogen-bond donors (Lipinski definition) is 2. The van der Waals surface area contributed by atoms with E-state index in [9.17, 15) is 5.11 Å². The van der Waals surface area contributed by atoms with Crippen LogP contribution in [0, 0.1) is 5.92 Å². The highest BCUT2D eigenvalue weighted by Gasteiger charge is 2.31.